The molecule has 0 atom stereocenters. The third-order valence-corrected chi connectivity index (χ3v) is 5.13. The predicted molar refractivity (Wildman–Crippen MR) is 83.7 cm³/mol. The first kappa shape index (κ1) is 12.7. The number of benzene rings is 1. The summed E-state index contributed by atoms with van der Waals surface area (Å²) in [6.07, 6.45) is 0. The number of carbonyl (C=O) groups excluding carboxylic acids is 1. The molecule has 19 heavy (non-hydrogen) atoms. The summed E-state index contributed by atoms with van der Waals surface area (Å²) in [7, 11) is 0. The summed E-state index contributed by atoms with van der Waals surface area (Å²) in [4.78, 5) is 12.9. The largest absolute Gasteiger partial charge is 0.321 e. The third-order valence-electron chi connectivity index (χ3n) is 2.73. The number of hydrogen-bond acceptors (Lipinski definition) is 3. The predicted octanol–water partition coefficient (Wildman–Crippen LogP) is 4.95. The normalized spacial score (nSPS) is 10.8. The summed E-state index contributed by atoms with van der Waals surface area (Å²) in [6, 6.07) is 11.5. The lowest BCUT2D eigenvalue weighted by atomic mass is 10.2. The van der Waals surface area contributed by atoms with E-state index in [4.69, 9.17) is 11.6 Å². The second kappa shape index (κ2) is 5.33. The average molecular weight is 308 g/mol. The van der Waals surface area contributed by atoms with Gasteiger partial charge in [-0.15, -0.1) is 34.3 Å². The van der Waals surface area contributed by atoms with Crippen LogP contribution in [0.3, 0.4) is 0 Å². The second-order valence-electron chi connectivity index (χ2n) is 4.04. The van der Waals surface area contributed by atoms with Crippen LogP contribution in [0.5, 0.6) is 0 Å². The maximum atomic E-state index is 12.1. The zero-order valence-electron chi connectivity index (χ0n) is 9.85. The lowest BCUT2D eigenvalue weighted by Crippen LogP contribution is -2.09. The van der Waals surface area contributed by atoms with E-state index in [0.717, 1.165) is 25.5 Å². The van der Waals surface area contributed by atoms with Gasteiger partial charge in [0.1, 0.15) is 0 Å². The quantitative estimate of drug-likeness (QED) is 0.681. The fraction of sp³-hybridized carbons (Fsp3) is 0.0714. The maximum Gasteiger partial charge on any atom is 0.265 e. The molecule has 1 aromatic carbocycles. The van der Waals surface area contributed by atoms with Gasteiger partial charge in [0.15, 0.2) is 0 Å². The van der Waals surface area contributed by atoms with E-state index < -0.39 is 0 Å². The van der Waals surface area contributed by atoms with E-state index in [1.54, 1.807) is 11.3 Å². The number of thiophene rings is 2. The summed E-state index contributed by atoms with van der Waals surface area (Å²) < 4.78 is 2.32. The standard InChI is InChI=1S/C14H10ClNOS2/c15-8-9-1-3-10(4-2-9)16-14(17)13-7-12-11(19-13)5-6-18-12/h1-7H,8H2,(H,16,17). The molecule has 5 heteroatoms. The molecular weight excluding hydrogens is 298 g/mol. The van der Waals surface area contributed by atoms with Crippen molar-refractivity contribution in [1.29, 1.82) is 0 Å². The number of carbonyl (C=O) groups is 1. The van der Waals surface area contributed by atoms with Crippen LogP contribution in [0.2, 0.25) is 0 Å². The van der Waals surface area contributed by atoms with Gasteiger partial charge in [0.2, 0.25) is 0 Å². The van der Waals surface area contributed by atoms with Gasteiger partial charge >= 0.3 is 0 Å². The number of fused-ring (bicyclic) bond motifs is 1. The Bertz CT molecular complexity index is 686. The zero-order valence-corrected chi connectivity index (χ0v) is 12.2. The number of amides is 1. The Morgan fingerprint density at radius 1 is 1.16 bits per heavy atom. The average Bonchev–Trinajstić information content (AvgIpc) is 3.00. The molecule has 3 aromatic rings. The van der Waals surface area contributed by atoms with E-state index in [1.807, 2.05) is 41.8 Å². The van der Waals surface area contributed by atoms with Crippen molar-refractivity contribution >= 4 is 55.3 Å². The summed E-state index contributed by atoms with van der Waals surface area (Å²) in [6.45, 7) is 0. The van der Waals surface area contributed by atoms with Crippen molar-refractivity contribution in [3.63, 3.8) is 0 Å². The molecule has 1 amide bonds. The van der Waals surface area contributed by atoms with Crippen molar-refractivity contribution < 1.29 is 4.79 Å². The molecule has 0 saturated carbocycles. The Labute approximate surface area is 123 Å². The van der Waals surface area contributed by atoms with E-state index in [0.29, 0.717) is 5.88 Å². The lowest BCUT2D eigenvalue weighted by molar-refractivity contribution is 0.103. The smallest absolute Gasteiger partial charge is 0.265 e. The van der Waals surface area contributed by atoms with Crippen LogP contribution in [-0.4, -0.2) is 5.91 Å². The van der Waals surface area contributed by atoms with Crippen LogP contribution in [0.4, 0.5) is 5.69 Å². The van der Waals surface area contributed by atoms with Crippen molar-refractivity contribution in [2.45, 2.75) is 5.88 Å². The van der Waals surface area contributed by atoms with Crippen LogP contribution >= 0.6 is 34.3 Å². The lowest BCUT2D eigenvalue weighted by Gasteiger charge is -2.04. The maximum absolute atomic E-state index is 12.1. The molecule has 2 nitrogen and oxygen atoms in total. The van der Waals surface area contributed by atoms with Crippen LogP contribution in [0.25, 0.3) is 9.40 Å². The minimum absolute atomic E-state index is 0.0629. The van der Waals surface area contributed by atoms with Gasteiger partial charge in [0.05, 0.1) is 4.88 Å². The second-order valence-corrected chi connectivity index (χ2v) is 6.34. The van der Waals surface area contributed by atoms with Crippen LogP contribution < -0.4 is 5.32 Å². The van der Waals surface area contributed by atoms with E-state index in [9.17, 15) is 4.79 Å². The Hall–Kier alpha value is -1.36. The summed E-state index contributed by atoms with van der Waals surface area (Å²) >= 11 is 8.90. The van der Waals surface area contributed by atoms with Crippen LogP contribution in [0, 0.1) is 0 Å². The Kier molecular flexibility index (Phi) is 3.55. The first-order valence-electron chi connectivity index (χ1n) is 5.69. The van der Waals surface area contributed by atoms with E-state index in [1.165, 1.54) is 11.3 Å². The molecule has 3 rings (SSSR count). The molecule has 0 saturated heterocycles. The molecule has 0 unspecified atom stereocenters. The molecule has 0 spiro atoms. The SMILES string of the molecule is O=C(Nc1ccc(CCl)cc1)c1cc2sccc2s1. The number of nitrogens with one attached hydrogen (secondary N) is 1. The van der Waals surface area contributed by atoms with Crippen LogP contribution in [0.1, 0.15) is 15.2 Å². The molecule has 0 fully saturated rings. The number of anilines is 1. The molecular formula is C14H10ClNOS2. The van der Waals surface area contributed by atoms with Crippen molar-refractivity contribution in [3.8, 4) is 0 Å². The Balaban J connectivity index is 1.78. The Morgan fingerprint density at radius 2 is 1.95 bits per heavy atom. The van der Waals surface area contributed by atoms with Gasteiger partial charge in [0, 0.05) is 21.0 Å². The monoisotopic (exact) mass is 307 g/mol. The molecule has 96 valence electrons. The minimum Gasteiger partial charge on any atom is -0.321 e. The van der Waals surface area contributed by atoms with Crippen molar-refractivity contribution in [2.75, 3.05) is 5.32 Å². The van der Waals surface area contributed by atoms with E-state index >= 15 is 0 Å². The van der Waals surface area contributed by atoms with Crippen LogP contribution in [-0.2, 0) is 5.88 Å². The van der Waals surface area contributed by atoms with Crippen molar-refractivity contribution in [1.82, 2.24) is 0 Å². The zero-order chi connectivity index (χ0) is 13.2. The van der Waals surface area contributed by atoms with Gasteiger partial charge in [0.25, 0.3) is 5.91 Å². The van der Waals surface area contributed by atoms with Crippen molar-refractivity contribution in [3.05, 3.63) is 52.2 Å². The topological polar surface area (TPSA) is 29.1 Å². The molecule has 0 radical (unpaired) electrons. The highest BCUT2D eigenvalue weighted by Gasteiger charge is 2.11. The summed E-state index contributed by atoms with van der Waals surface area (Å²) in [5.74, 6) is 0.419. The summed E-state index contributed by atoms with van der Waals surface area (Å²) in [5.41, 5.74) is 1.83. The van der Waals surface area contributed by atoms with Gasteiger partial charge < -0.3 is 5.32 Å². The number of alkyl halides is 1. The van der Waals surface area contributed by atoms with E-state index in [2.05, 4.69) is 5.32 Å². The molecule has 2 aromatic heterocycles. The molecule has 0 bridgehead atoms. The highest BCUT2D eigenvalue weighted by Crippen LogP contribution is 2.30. The first-order chi connectivity index (χ1) is 9.26. The summed E-state index contributed by atoms with van der Waals surface area (Å²) in [5, 5.41) is 4.93. The number of hydrogen-bond donors (Lipinski definition) is 1. The van der Waals surface area contributed by atoms with Gasteiger partial charge in [-0.05, 0) is 35.2 Å². The number of halogens is 1. The molecule has 2 heterocycles. The number of rotatable bonds is 3. The first-order valence-corrected chi connectivity index (χ1v) is 7.92. The molecule has 0 aliphatic heterocycles. The molecule has 0 aliphatic rings. The van der Waals surface area contributed by atoms with Gasteiger partial charge in [-0.3, -0.25) is 4.79 Å². The molecule has 0 aliphatic carbocycles. The fourth-order valence-electron chi connectivity index (χ4n) is 1.75. The van der Waals surface area contributed by atoms with Gasteiger partial charge in [-0.2, -0.15) is 0 Å². The van der Waals surface area contributed by atoms with Gasteiger partial charge in [-0.1, -0.05) is 12.1 Å². The molecule has 1 N–H and O–H groups in total. The fourth-order valence-corrected chi connectivity index (χ4v) is 3.93. The van der Waals surface area contributed by atoms with Crippen molar-refractivity contribution in [2.24, 2.45) is 0 Å². The highest BCUT2D eigenvalue weighted by molar-refractivity contribution is 7.27. The van der Waals surface area contributed by atoms with Gasteiger partial charge in [-0.25, -0.2) is 0 Å². The highest BCUT2D eigenvalue weighted by atomic mass is 35.5. The minimum atomic E-state index is -0.0629. The van der Waals surface area contributed by atoms with E-state index in [-0.39, 0.29) is 5.91 Å². The Morgan fingerprint density at radius 3 is 2.63 bits per heavy atom. The van der Waals surface area contributed by atoms with Crippen LogP contribution in [0.15, 0.2) is 41.8 Å². The third kappa shape index (κ3) is 2.66.